The van der Waals surface area contributed by atoms with Gasteiger partial charge in [0, 0.05) is 23.0 Å². The summed E-state index contributed by atoms with van der Waals surface area (Å²) < 4.78 is 12.8. The van der Waals surface area contributed by atoms with E-state index in [1.165, 1.54) is 4.90 Å². The second-order valence-electron chi connectivity index (χ2n) is 12.2. The third-order valence-electron chi connectivity index (χ3n) is 8.16. The first-order valence-electron chi connectivity index (χ1n) is 13.7. The number of ether oxygens (including phenoxy) is 2. The SMILES string of the molecule is CC(C)[C@H](CO)N1C(=O)[C@@H]2[C@H]3C(=O)O[C@@H](C)CNC(=O)CC/C=C\CN(C(C)(C)C)C(=O)[C@@H]1[C@]21C=C(Br)[C@H]3O1. The van der Waals surface area contributed by atoms with Crippen molar-refractivity contribution in [3.8, 4) is 0 Å². The molecular formula is C28H40BrN3O7. The monoisotopic (exact) mass is 609 g/mol. The third-order valence-corrected chi connectivity index (χ3v) is 8.84. The van der Waals surface area contributed by atoms with Crippen LogP contribution in [0.5, 0.6) is 0 Å². The summed E-state index contributed by atoms with van der Waals surface area (Å²) in [6.45, 7) is 11.2. The van der Waals surface area contributed by atoms with E-state index < -0.39 is 59.1 Å². The van der Waals surface area contributed by atoms with E-state index in [2.05, 4.69) is 21.2 Å². The van der Waals surface area contributed by atoms with Gasteiger partial charge in [0.2, 0.25) is 17.7 Å². The summed E-state index contributed by atoms with van der Waals surface area (Å²) in [5.41, 5.74) is -2.02. The summed E-state index contributed by atoms with van der Waals surface area (Å²) in [5.74, 6) is -3.67. The first-order chi connectivity index (χ1) is 18.2. The lowest BCUT2D eigenvalue weighted by Gasteiger charge is -2.43. The van der Waals surface area contributed by atoms with E-state index in [4.69, 9.17) is 9.47 Å². The molecule has 0 saturated carbocycles. The Hall–Kier alpha value is -2.24. The quantitative estimate of drug-likeness (QED) is 0.370. The number of aliphatic hydroxyl groups is 1. The van der Waals surface area contributed by atoms with Crippen molar-refractivity contribution in [2.24, 2.45) is 17.8 Å². The molecule has 2 saturated heterocycles. The molecule has 4 heterocycles. The highest BCUT2D eigenvalue weighted by atomic mass is 79.9. The average molecular weight is 611 g/mol. The van der Waals surface area contributed by atoms with E-state index >= 15 is 0 Å². The molecule has 10 nitrogen and oxygen atoms in total. The first-order valence-corrected chi connectivity index (χ1v) is 14.5. The third kappa shape index (κ3) is 5.17. The standard InChI is InChI=1S/C28H40BrN3O7/c1-15(2)18(14-33)32-23-25(36)31(27(4,5)6)11-9-7-8-10-19(34)30-13-16(3)38-26(37)20-21(24(32)35)28(23)12-17(29)22(20)39-28/h7,9,12,15-16,18,20-23,33H,8,10-11,13-14H2,1-6H3,(H,30,34)/b9-7-/t16-,18-,20+,21-,22+,23+,28-/m0/s1. The Morgan fingerprint density at radius 3 is 2.49 bits per heavy atom. The summed E-state index contributed by atoms with van der Waals surface area (Å²) in [6.07, 6.45) is 4.81. The molecule has 1 spiro atoms. The number of hydrogen-bond donors (Lipinski definition) is 2. The largest absolute Gasteiger partial charge is 0.460 e. The Bertz CT molecular complexity index is 1080. The van der Waals surface area contributed by atoms with Gasteiger partial charge >= 0.3 is 5.97 Å². The van der Waals surface area contributed by atoms with Crippen LogP contribution in [0.3, 0.4) is 0 Å². The molecule has 7 atom stereocenters. The van der Waals surface area contributed by atoms with Gasteiger partial charge < -0.3 is 29.7 Å². The summed E-state index contributed by atoms with van der Waals surface area (Å²) in [5, 5.41) is 13.2. The van der Waals surface area contributed by atoms with Crippen LogP contribution in [0.25, 0.3) is 0 Å². The average Bonchev–Trinajstić information content (AvgIpc) is 3.42. The lowest BCUT2D eigenvalue weighted by Crippen LogP contribution is -2.62. The van der Waals surface area contributed by atoms with E-state index in [1.54, 1.807) is 17.9 Å². The van der Waals surface area contributed by atoms with Crippen LogP contribution in [-0.4, -0.2) is 93.7 Å². The second-order valence-corrected chi connectivity index (χ2v) is 13.2. The van der Waals surface area contributed by atoms with Gasteiger partial charge in [-0.15, -0.1) is 0 Å². The maximum absolute atomic E-state index is 14.6. The molecule has 11 heteroatoms. The molecule has 0 aliphatic carbocycles. The van der Waals surface area contributed by atoms with Crippen molar-refractivity contribution >= 4 is 39.6 Å². The molecule has 4 rings (SSSR count). The van der Waals surface area contributed by atoms with Crippen molar-refractivity contribution in [1.82, 2.24) is 15.1 Å². The highest BCUT2D eigenvalue weighted by Crippen LogP contribution is 2.59. The Labute approximate surface area is 238 Å². The zero-order chi connectivity index (χ0) is 28.9. The lowest BCUT2D eigenvalue weighted by molar-refractivity contribution is -0.160. The fourth-order valence-corrected chi connectivity index (χ4v) is 6.94. The summed E-state index contributed by atoms with van der Waals surface area (Å²) >= 11 is 3.53. The minimum Gasteiger partial charge on any atom is -0.460 e. The summed E-state index contributed by atoms with van der Waals surface area (Å²) in [7, 11) is 0. The van der Waals surface area contributed by atoms with Gasteiger partial charge in [-0.1, -0.05) is 41.9 Å². The van der Waals surface area contributed by atoms with Gasteiger partial charge in [0.1, 0.15) is 29.8 Å². The number of cyclic esters (lactones) is 1. The Morgan fingerprint density at radius 1 is 1.18 bits per heavy atom. The van der Waals surface area contributed by atoms with Crippen LogP contribution in [0.2, 0.25) is 0 Å². The van der Waals surface area contributed by atoms with E-state index in [-0.39, 0.29) is 43.8 Å². The van der Waals surface area contributed by atoms with E-state index in [0.29, 0.717) is 10.9 Å². The Balaban J connectivity index is 1.87. The second kappa shape index (κ2) is 11.0. The smallest absolute Gasteiger partial charge is 0.313 e. The normalized spacial score (nSPS) is 35.6. The van der Waals surface area contributed by atoms with Crippen LogP contribution >= 0.6 is 15.9 Å². The molecule has 3 amide bonds. The fourth-order valence-electron chi connectivity index (χ4n) is 6.20. The van der Waals surface area contributed by atoms with Gasteiger partial charge in [0.15, 0.2) is 0 Å². The first kappa shape index (κ1) is 29.7. The number of aliphatic hydroxyl groups excluding tert-OH is 1. The number of nitrogens with zero attached hydrogens (tertiary/aromatic N) is 2. The minimum absolute atomic E-state index is 0.137. The van der Waals surface area contributed by atoms with Crippen LogP contribution in [0.1, 0.15) is 54.4 Å². The predicted molar refractivity (Wildman–Crippen MR) is 146 cm³/mol. The van der Waals surface area contributed by atoms with E-state index in [1.807, 2.05) is 46.8 Å². The van der Waals surface area contributed by atoms with Crippen molar-refractivity contribution in [2.75, 3.05) is 19.7 Å². The highest BCUT2D eigenvalue weighted by Gasteiger charge is 2.75. The zero-order valence-electron chi connectivity index (χ0n) is 23.5. The number of nitrogens with one attached hydrogen (secondary N) is 1. The Kier molecular flexibility index (Phi) is 8.36. The van der Waals surface area contributed by atoms with Gasteiger partial charge in [0.05, 0.1) is 25.1 Å². The molecule has 0 aromatic carbocycles. The summed E-state index contributed by atoms with van der Waals surface area (Å²) in [6, 6.07) is -1.75. The molecule has 0 unspecified atom stereocenters. The van der Waals surface area contributed by atoms with Gasteiger partial charge in [0.25, 0.3) is 0 Å². The summed E-state index contributed by atoms with van der Waals surface area (Å²) in [4.78, 5) is 57.8. The molecule has 5 bridgehead atoms. The van der Waals surface area contributed by atoms with Crippen molar-refractivity contribution in [2.45, 2.75) is 89.8 Å². The van der Waals surface area contributed by atoms with Crippen LogP contribution in [0.15, 0.2) is 22.7 Å². The van der Waals surface area contributed by atoms with Gasteiger partial charge in [-0.25, -0.2) is 0 Å². The number of amides is 3. The minimum atomic E-state index is -1.40. The van der Waals surface area contributed by atoms with Gasteiger partial charge in [-0.3, -0.25) is 19.2 Å². The van der Waals surface area contributed by atoms with Gasteiger partial charge in [-0.05, 0) is 46.1 Å². The molecule has 216 valence electrons. The maximum atomic E-state index is 14.6. The van der Waals surface area contributed by atoms with Crippen molar-refractivity contribution in [3.05, 3.63) is 22.7 Å². The molecule has 0 aromatic rings. The van der Waals surface area contributed by atoms with Crippen molar-refractivity contribution in [3.63, 3.8) is 0 Å². The molecule has 2 fully saturated rings. The fraction of sp³-hybridized carbons (Fsp3) is 0.714. The lowest BCUT2D eigenvalue weighted by atomic mass is 9.74. The molecule has 39 heavy (non-hydrogen) atoms. The molecule has 0 aromatic heterocycles. The molecule has 0 radical (unpaired) electrons. The molecule has 2 N–H and O–H groups in total. The zero-order valence-corrected chi connectivity index (χ0v) is 25.1. The van der Waals surface area contributed by atoms with Crippen LogP contribution < -0.4 is 5.32 Å². The number of esters is 1. The van der Waals surface area contributed by atoms with Crippen molar-refractivity contribution in [1.29, 1.82) is 0 Å². The molecular weight excluding hydrogens is 570 g/mol. The van der Waals surface area contributed by atoms with E-state index in [9.17, 15) is 24.3 Å². The predicted octanol–water partition coefficient (Wildman–Crippen LogP) is 1.90. The Morgan fingerprint density at radius 2 is 1.87 bits per heavy atom. The number of likely N-dealkylation sites (tertiary alicyclic amines) is 1. The molecule has 4 aliphatic heterocycles. The topological polar surface area (TPSA) is 125 Å². The van der Waals surface area contributed by atoms with E-state index in [0.717, 1.165) is 0 Å². The number of allylic oxidation sites excluding steroid dienone is 1. The number of rotatable bonds is 3. The number of halogens is 1. The molecule has 4 aliphatic rings. The number of hydrogen-bond acceptors (Lipinski definition) is 7. The van der Waals surface area contributed by atoms with Crippen LogP contribution in [-0.2, 0) is 28.7 Å². The number of carbonyl (C=O) groups excluding carboxylic acids is 4. The highest BCUT2D eigenvalue weighted by molar-refractivity contribution is 9.11. The van der Waals surface area contributed by atoms with Gasteiger partial charge in [-0.2, -0.15) is 0 Å². The number of carbonyl (C=O) groups is 4. The van der Waals surface area contributed by atoms with Crippen LogP contribution in [0, 0.1) is 17.8 Å². The maximum Gasteiger partial charge on any atom is 0.313 e. The van der Waals surface area contributed by atoms with Crippen LogP contribution in [0.4, 0.5) is 0 Å². The number of fused-ring (bicyclic) bond motifs is 2. The van der Waals surface area contributed by atoms with Crippen molar-refractivity contribution < 1.29 is 33.8 Å².